The predicted octanol–water partition coefficient (Wildman–Crippen LogP) is 4.54. The first-order chi connectivity index (χ1) is 15.0. The molecule has 0 aliphatic heterocycles. The highest BCUT2D eigenvalue weighted by atomic mass is 79.9. The molecular formula is C20H23Br2N5O4S. The molecule has 0 unspecified atom stereocenters. The van der Waals surface area contributed by atoms with E-state index in [0.717, 1.165) is 14.5 Å². The average molecular weight is 589 g/mol. The van der Waals surface area contributed by atoms with Gasteiger partial charge in [-0.3, -0.25) is 4.72 Å². The smallest absolute Gasteiger partial charge is 0.297 e. The zero-order valence-corrected chi connectivity index (χ0v) is 21.7. The van der Waals surface area contributed by atoms with Crippen molar-refractivity contribution in [1.82, 2.24) is 9.97 Å². The van der Waals surface area contributed by atoms with Crippen LogP contribution in [0.2, 0.25) is 0 Å². The fraction of sp³-hybridized carbons (Fsp3) is 0.250. The van der Waals surface area contributed by atoms with Crippen LogP contribution in [0.25, 0.3) is 11.1 Å². The second-order valence-electron chi connectivity index (χ2n) is 6.64. The molecule has 0 atom stereocenters. The number of nitrogens with one attached hydrogen (secondary N) is 1. The van der Waals surface area contributed by atoms with Gasteiger partial charge < -0.3 is 9.47 Å². The lowest BCUT2D eigenvalue weighted by atomic mass is 10.1. The number of nitrogens with two attached hydrogens (primary N) is 1. The van der Waals surface area contributed by atoms with E-state index in [0.29, 0.717) is 17.0 Å². The van der Waals surface area contributed by atoms with Crippen molar-refractivity contribution in [3.05, 3.63) is 57.4 Å². The molecule has 2 aromatic rings. The lowest BCUT2D eigenvalue weighted by Crippen LogP contribution is -2.23. The van der Waals surface area contributed by atoms with Gasteiger partial charge in [0.15, 0.2) is 11.7 Å². The summed E-state index contributed by atoms with van der Waals surface area (Å²) in [7, 11) is -4.05. The summed E-state index contributed by atoms with van der Waals surface area (Å²) < 4.78 is 38.3. The minimum absolute atomic E-state index is 0.00717. The van der Waals surface area contributed by atoms with Crippen LogP contribution in [-0.4, -0.2) is 37.5 Å². The largest absolute Gasteiger partial charge is 0.477 e. The van der Waals surface area contributed by atoms with Gasteiger partial charge in [-0.05, 0) is 53.5 Å². The SMILES string of the molecule is CC(C)=C/C(Br)=C\N=C(C)OCCOc1ncnc(NS(N)(=O)=O)c1-c1ccc(Br)cc1. The summed E-state index contributed by atoms with van der Waals surface area (Å²) in [6, 6.07) is 7.15. The van der Waals surface area contributed by atoms with Gasteiger partial charge >= 0.3 is 0 Å². The summed E-state index contributed by atoms with van der Waals surface area (Å²) in [5.41, 5.74) is 2.13. The van der Waals surface area contributed by atoms with Gasteiger partial charge in [-0.1, -0.05) is 33.6 Å². The van der Waals surface area contributed by atoms with Crippen molar-refractivity contribution >= 4 is 53.8 Å². The maximum Gasteiger partial charge on any atom is 0.297 e. The Morgan fingerprint density at radius 2 is 1.88 bits per heavy atom. The Hall–Kier alpha value is -2.28. The number of rotatable bonds is 9. The zero-order chi connectivity index (χ0) is 23.7. The van der Waals surface area contributed by atoms with Crippen LogP contribution < -0.4 is 14.6 Å². The van der Waals surface area contributed by atoms with E-state index in [1.165, 1.54) is 6.33 Å². The van der Waals surface area contributed by atoms with Crippen LogP contribution in [0.3, 0.4) is 0 Å². The molecule has 32 heavy (non-hydrogen) atoms. The van der Waals surface area contributed by atoms with Gasteiger partial charge in [0, 0.05) is 22.1 Å². The van der Waals surface area contributed by atoms with Crippen molar-refractivity contribution in [2.45, 2.75) is 20.8 Å². The van der Waals surface area contributed by atoms with Crippen LogP contribution in [-0.2, 0) is 14.9 Å². The maximum atomic E-state index is 11.6. The van der Waals surface area contributed by atoms with Gasteiger partial charge in [-0.25, -0.2) is 20.1 Å². The van der Waals surface area contributed by atoms with E-state index in [2.05, 4.69) is 51.5 Å². The quantitative estimate of drug-likeness (QED) is 0.191. The Morgan fingerprint density at radius 3 is 2.50 bits per heavy atom. The number of anilines is 1. The minimum Gasteiger partial charge on any atom is -0.477 e. The third kappa shape index (κ3) is 9.07. The molecule has 1 aromatic heterocycles. The summed E-state index contributed by atoms with van der Waals surface area (Å²) in [6.07, 6.45) is 4.76. The molecule has 0 saturated carbocycles. The van der Waals surface area contributed by atoms with Crippen molar-refractivity contribution < 1.29 is 17.9 Å². The fourth-order valence-corrected chi connectivity index (χ4v) is 3.65. The Balaban J connectivity index is 2.15. The number of aliphatic imine (C=N–C) groups is 1. The van der Waals surface area contributed by atoms with Crippen molar-refractivity contribution in [2.75, 3.05) is 17.9 Å². The van der Waals surface area contributed by atoms with Gasteiger partial charge in [0.1, 0.15) is 19.5 Å². The molecule has 9 nitrogen and oxygen atoms in total. The fourth-order valence-electron chi connectivity index (χ4n) is 2.40. The van der Waals surface area contributed by atoms with Gasteiger partial charge in [0.05, 0.1) is 5.56 Å². The van der Waals surface area contributed by atoms with E-state index in [4.69, 9.17) is 14.6 Å². The Morgan fingerprint density at radius 1 is 1.19 bits per heavy atom. The maximum absolute atomic E-state index is 11.6. The second kappa shape index (κ2) is 12.1. The molecule has 0 saturated heterocycles. The lowest BCUT2D eigenvalue weighted by molar-refractivity contribution is 0.203. The average Bonchev–Trinajstić information content (AvgIpc) is 2.69. The Labute approximate surface area is 204 Å². The number of halogens is 2. The molecule has 1 heterocycles. The van der Waals surface area contributed by atoms with Gasteiger partial charge in [0.25, 0.3) is 10.2 Å². The van der Waals surface area contributed by atoms with Crippen LogP contribution in [0.4, 0.5) is 5.82 Å². The number of allylic oxidation sites excluding steroid dienone is 3. The molecule has 0 amide bonds. The van der Waals surface area contributed by atoms with Crippen LogP contribution in [0.1, 0.15) is 20.8 Å². The summed E-state index contributed by atoms with van der Waals surface area (Å²) in [5, 5.41) is 5.13. The number of nitrogens with zero attached hydrogens (tertiary/aromatic N) is 3. The molecule has 0 aliphatic rings. The molecule has 0 radical (unpaired) electrons. The summed E-state index contributed by atoms with van der Waals surface area (Å²) in [6.45, 7) is 6.04. The minimum atomic E-state index is -4.05. The van der Waals surface area contributed by atoms with Crippen LogP contribution in [0.15, 0.2) is 62.4 Å². The van der Waals surface area contributed by atoms with Gasteiger partial charge in [-0.2, -0.15) is 8.42 Å². The lowest BCUT2D eigenvalue weighted by Gasteiger charge is -2.14. The highest BCUT2D eigenvalue weighted by Crippen LogP contribution is 2.34. The van der Waals surface area contributed by atoms with E-state index < -0.39 is 10.2 Å². The molecule has 0 bridgehead atoms. The first kappa shape index (κ1) is 26.0. The topological polar surface area (TPSA) is 129 Å². The third-order valence-corrected chi connectivity index (χ3v) is 5.05. The molecule has 3 N–H and O–H groups in total. The van der Waals surface area contributed by atoms with E-state index >= 15 is 0 Å². The highest BCUT2D eigenvalue weighted by molar-refractivity contribution is 9.12. The molecule has 1 aromatic carbocycles. The van der Waals surface area contributed by atoms with Crippen molar-refractivity contribution in [2.24, 2.45) is 10.1 Å². The standard InChI is InChI=1S/C20H23Br2N5O4S/c1-13(2)10-17(22)11-24-14(3)30-8-9-31-20-18(15-4-6-16(21)7-5-15)19(25-12-26-20)27-32(23,28)29/h4-7,10-12H,8-9H2,1-3H3,(H2,23,28,29)(H,25,26,27)/b17-11+,24-14?. The van der Waals surface area contributed by atoms with E-state index in [1.54, 1.807) is 37.4 Å². The second-order valence-corrected chi connectivity index (χ2v) is 9.76. The van der Waals surface area contributed by atoms with Crippen molar-refractivity contribution in [3.63, 3.8) is 0 Å². The Kier molecular flexibility index (Phi) is 9.82. The molecular weight excluding hydrogens is 566 g/mol. The number of benzene rings is 1. The van der Waals surface area contributed by atoms with Crippen LogP contribution in [0, 0.1) is 0 Å². The molecule has 0 spiro atoms. The summed E-state index contributed by atoms with van der Waals surface area (Å²) in [4.78, 5) is 12.4. The Bertz CT molecular complexity index is 1130. The van der Waals surface area contributed by atoms with Crippen molar-refractivity contribution in [3.8, 4) is 17.0 Å². The highest BCUT2D eigenvalue weighted by Gasteiger charge is 2.18. The van der Waals surface area contributed by atoms with Crippen LogP contribution in [0.5, 0.6) is 5.88 Å². The number of ether oxygens (including phenoxy) is 2. The zero-order valence-electron chi connectivity index (χ0n) is 17.7. The number of hydrogen-bond acceptors (Lipinski definition) is 7. The molecule has 172 valence electrons. The van der Waals surface area contributed by atoms with Crippen LogP contribution >= 0.6 is 31.9 Å². The first-order valence-corrected chi connectivity index (χ1v) is 12.4. The molecule has 2 rings (SSSR count). The molecule has 0 fully saturated rings. The van der Waals surface area contributed by atoms with E-state index in [9.17, 15) is 8.42 Å². The molecule has 0 aliphatic carbocycles. The predicted molar refractivity (Wildman–Crippen MR) is 133 cm³/mol. The van der Waals surface area contributed by atoms with Crippen molar-refractivity contribution in [1.29, 1.82) is 0 Å². The monoisotopic (exact) mass is 587 g/mol. The van der Waals surface area contributed by atoms with Gasteiger partial charge in [-0.15, -0.1) is 0 Å². The third-order valence-electron chi connectivity index (χ3n) is 3.61. The molecule has 12 heteroatoms. The number of aromatic nitrogens is 2. The summed E-state index contributed by atoms with van der Waals surface area (Å²) in [5.74, 6) is 0.644. The summed E-state index contributed by atoms with van der Waals surface area (Å²) >= 11 is 6.77. The van der Waals surface area contributed by atoms with E-state index in [-0.39, 0.29) is 24.9 Å². The first-order valence-electron chi connectivity index (χ1n) is 9.27. The van der Waals surface area contributed by atoms with Gasteiger partial charge in [0.2, 0.25) is 5.88 Å². The normalized spacial score (nSPS) is 12.3. The van der Waals surface area contributed by atoms with E-state index in [1.807, 2.05) is 19.9 Å². The number of hydrogen-bond donors (Lipinski definition) is 2.